The molecule has 0 fully saturated rings. The van der Waals surface area contributed by atoms with Crippen molar-refractivity contribution in [2.24, 2.45) is 5.73 Å². The summed E-state index contributed by atoms with van der Waals surface area (Å²) in [7, 11) is 0. The van der Waals surface area contributed by atoms with E-state index < -0.39 is 0 Å². The summed E-state index contributed by atoms with van der Waals surface area (Å²) >= 11 is 0. The van der Waals surface area contributed by atoms with Crippen molar-refractivity contribution >= 4 is 0 Å². The highest BCUT2D eigenvalue weighted by molar-refractivity contribution is 5.95. The van der Waals surface area contributed by atoms with Crippen LogP contribution >= 0.6 is 0 Å². The summed E-state index contributed by atoms with van der Waals surface area (Å²) in [5.41, 5.74) is 18.9. The minimum Gasteiger partial charge on any atom is -0.324 e. The molecule has 1 atom stereocenters. The van der Waals surface area contributed by atoms with Crippen LogP contribution in [0.3, 0.4) is 0 Å². The Morgan fingerprint density at radius 1 is 0.475 bits per heavy atom. The SMILES string of the molecule is NC(Cc1ccc(-c2cccc3c2-c2ccccc2C3(c2ccccc2)c2ccccc2)cc1)c1ccccc1. The lowest BCUT2D eigenvalue weighted by atomic mass is 9.67. The van der Waals surface area contributed by atoms with Gasteiger partial charge in [-0.25, -0.2) is 0 Å². The van der Waals surface area contributed by atoms with Crippen molar-refractivity contribution in [1.29, 1.82) is 0 Å². The number of hydrogen-bond donors (Lipinski definition) is 1. The maximum Gasteiger partial charge on any atom is 0.0713 e. The van der Waals surface area contributed by atoms with E-state index in [1.807, 2.05) is 6.07 Å². The average Bonchev–Trinajstić information content (AvgIpc) is 3.34. The second-order valence-corrected chi connectivity index (χ2v) is 10.7. The lowest BCUT2D eigenvalue weighted by Crippen LogP contribution is -2.28. The van der Waals surface area contributed by atoms with Crippen LogP contribution in [0.25, 0.3) is 22.3 Å². The Balaban J connectivity index is 1.38. The monoisotopic (exact) mass is 513 g/mol. The van der Waals surface area contributed by atoms with Gasteiger partial charge in [-0.2, -0.15) is 0 Å². The standard InChI is InChI=1S/C39H31N/c40-37(30-13-4-1-5-14-30)27-28-23-25-29(26-24-28)33-20-12-22-36-38(33)34-19-10-11-21-35(34)39(36,31-15-6-2-7-16-31)32-17-8-3-9-18-32/h1-26,37H,27,40H2. The van der Waals surface area contributed by atoms with Crippen molar-refractivity contribution in [3.63, 3.8) is 0 Å². The molecule has 2 N–H and O–H groups in total. The summed E-state index contributed by atoms with van der Waals surface area (Å²) in [5, 5.41) is 0. The maximum atomic E-state index is 6.54. The first-order valence-electron chi connectivity index (χ1n) is 14.0. The molecule has 0 amide bonds. The van der Waals surface area contributed by atoms with Crippen molar-refractivity contribution in [3.05, 3.63) is 191 Å². The molecule has 6 aromatic rings. The van der Waals surface area contributed by atoms with Crippen LogP contribution in [0.1, 0.15) is 39.4 Å². The number of nitrogens with two attached hydrogens (primary N) is 1. The molecule has 7 rings (SSSR count). The zero-order chi connectivity index (χ0) is 26.9. The molecule has 1 heteroatoms. The van der Waals surface area contributed by atoms with Crippen molar-refractivity contribution in [2.75, 3.05) is 0 Å². The molecule has 1 aliphatic carbocycles. The molecular weight excluding hydrogens is 482 g/mol. The number of fused-ring (bicyclic) bond motifs is 3. The number of hydrogen-bond acceptors (Lipinski definition) is 1. The van der Waals surface area contributed by atoms with Crippen LogP contribution in [-0.2, 0) is 11.8 Å². The van der Waals surface area contributed by atoms with Crippen LogP contribution in [-0.4, -0.2) is 0 Å². The highest BCUT2D eigenvalue weighted by Gasteiger charge is 2.46. The summed E-state index contributed by atoms with van der Waals surface area (Å²) in [5.74, 6) is 0. The molecule has 192 valence electrons. The quantitative estimate of drug-likeness (QED) is 0.236. The van der Waals surface area contributed by atoms with Gasteiger partial charge in [0.1, 0.15) is 0 Å². The van der Waals surface area contributed by atoms with E-state index in [1.165, 1.54) is 55.6 Å². The third-order valence-electron chi connectivity index (χ3n) is 8.43. The summed E-state index contributed by atoms with van der Waals surface area (Å²) in [4.78, 5) is 0. The minimum absolute atomic E-state index is 0.0164. The highest BCUT2D eigenvalue weighted by atomic mass is 14.6. The Hall–Kier alpha value is -4.72. The summed E-state index contributed by atoms with van der Waals surface area (Å²) in [6.45, 7) is 0. The minimum atomic E-state index is -0.382. The van der Waals surface area contributed by atoms with Gasteiger partial charge in [0.15, 0.2) is 0 Å². The average molecular weight is 514 g/mol. The molecule has 1 aliphatic rings. The summed E-state index contributed by atoms with van der Waals surface area (Å²) in [6, 6.07) is 57.0. The van der Waals surface area contributed by atoms with Crippen LogP contribution in [0.2, 0.25) is 0 Å². The fraction of sp³-hybridized carbons (Fsp3) is 0.0769. The van der Waals surface area contributed by atoms with E-state index in [0.717, 1.165) is 6.42 Å². The zero-order valence-corrected chi connectivity index (χ0v) is 22.4. The predicted molar refractivity (Wildman–Crippen MR) is 166 cm³/mol. The van der Waals surface area contributed by atoms with Crippen LogP contribution in [0.4, 0.5) is 0 Å². The molecule has 0 heterocycles. The first-order chi connectivity index (χ1) is 19.8. The lowest BCUT2D eigenvalue weighted by molar-refractivity contribution is 0.722. The topological polar surface area (TPSA) is 26.0 Å². The second kappa shape index (κ2) is 10.1. The fourth-order valence-electron chi connectivity index (χ4n) is 6.63. The van der Waals surface area contributed by atoms with Gasteiger partial charge in [-0.15, -0.1) is 0 Å². The molecule has 40 heavy (non-hydrogen) atoms. The Morgan fingerprint density at radius 2 is 1.00 bits per heavy atom. The molecule has 0 aromatic heterocycles. The molecular formula is C39H31N. The van der Waals surface area contributed by atoms with E-state index >= 15 is 0 Å². The van der Waals surface area contributed by atoms with Crippen LogP contribution < -0.4 is 5.73 Å². The van der Waals surface area contributed by atoms with Crippen molar-refractivity contribution < 1.29 is 0 Å². The molecule has 0 bridgehead atoms. The van der Waals surface area contributed by atoms with Gasteiger partial charge in [-0.1, -0.05) is 158 Å². The second-order valence-electron chi connectivity index (χ2n) is 10.7. The van der Waals surface area contributed by atoms with Gasteiger partial charge >= 0.3 is 0 Å². The van der Waals surface area contributed by atoms with E-state index in [9.17, 15) is 0 Å². The van der Waals surface area contributed by atoms with E-state index in [1.54, 1.807) is 0 Å². The normalized spacial score (nSPS) is 13.8. The zero-order valence-electron chi connectivity index (χ0n) is 22.4. The Morgan fingerprint density at radius 3 is 1.65 bits per heavy atom. The van der Waals surface area contributed by atoms with Gasteiger partial charge in [0.2, 0.25) is 0 Å². The van der Waals surface area contributed by atoms with Crippen LogP contribution in [0.5, 0.6) is 0 Å². The Kier molecular flexibility index (Phi) is 6.15. The Bertz CT molecular complexity index is 1710. The van der Waals surface area contributed by atoms with E-state index in [-0.39, 0.29) is 11.5 Å². The van der Waals surface area contributed by atoms with Gasteiger partial charge in [0.05, 0.1) is 5.41 Å². The van der Waals surface area contributed by atoms with Crippen LogP contribution in [0.15, 0.2) is 158 Å². The predicted octanol–water partition coefficient (Wildman–Crippen LogP) is 8.96. The Labute approximate surface area is 236 Å². The molecule has 0 radical (unpaired) electrons. The third-order valence-corrected chi connectivity index (χ3v) is 8.43. The van der Waals surface area contributed by atoms with Gasteiger partial charge in [0.25, 0.3) is 0 Å². The van der Waals surface area contributed by atoms with Crippen molar-refractivity contribution in [1.82, 2.24) is 0 Å². The van der Waals surface area contributed by atoms with Gasteiger partial charge < -0.3 is 5.73 Å². The van der Waals surface area contributed by atoms with Gasteiger partial charge in [-0.05, 0) is 62.1 Å². The molecule has 6 aromatic carbocycles. The first-order valence-corrected chi connectivity index (χ1v) is 14.0. The summed E-state index contributed by atoms with van der Waals surface area (Å²) in [6.07, 6.45) is 0.811. The molecule has 1 unspecified atom stereocenters. The lowest BCUT2D eigenvalue weighted by Gasteiger charge is -2.34. The van der Waals surface area contributed by atoms with Gasteiger partial charge in [-0.3, -0.25) is 0 Å². The summed E-state index contributed by atoms with van der Waals surface area (Å²) < 4.78 is 0. The van der Waals surface area contributed by atoms with E-state index in [0.29, 0.717) is 0 Å². The maximum absolute atomic E-state index is 6.54. The van der Waals surface area contributed by atoms with Crippen LogP contribution in [0, 0.1) is 0 Å². The van der Waals surface area contributed by atoms with Crippen molar-refractivity contribution in [3.8, 4) is 22.3 Å². The molecule has 0 saturated heterocycles. The highest BCUT2D eigenvalue weighted by Crippen LogP contribution is 2.58. The largest absolute Gasteiger partial charge is 0.324 e. The third kappa shape index (κ3) is 3.90. The number of rotatable bonds is 6. The fourth-order valence-corrected chi connectivity index (χ4v) is 6.63. The first kappa shape index (κ1) is 24.3. The van der Waals surface area contributed by atoms with Crippen molar-refractivity contribution in [2.45, 2.75) is 17.9 Å². The van der Waals surface area contributed by atoms with E-state index in [2.05, 4.69) is 152 Å². The van der Waals surface area contributed by atoms with E-state index in [4.69, 9.17) is 5.73 Å². The molecule has 1 nitrogen and oxygen atoms in total. The van der Waals surface area contributed by atoms with Gasteiger partial charge in [0, 0.05) is 6.04 Å². The smallest absolute Gasteiger partial charge is 0.0713 e. The molecule has 0 aliphatic heterocycles. The molecule has 0 saturated carbocycles. The molecule has 0 spiro atoms. The number of benzene rings is 6.